The number of epoxide rings is 1. The number of carbonyl (C=O) groups excluding carboxylic acids is 2. The van der Waals surface area contributed by atoms with Crippen LogP contribution in [0.2, 0.25) is 0 Å². The molecule has 2 unspecified atom stereocenters. The molecule has 1 heterocycles. The summed E-state index contributed by atoms with van der Waals surface area (Å²) in [6, 6.07) is 9.45. The average molecular weight is 449 g/mol. The smallest absolute Gasteiger partial charge is 0.309 e. The van der Waals surface area contributed by atoms with Crippen LogP contribution in [0.1, 0.15) is 65.9 Å². The van der Waals surface area contributed by atoms with Crippen LogP contribution in [0.5, 0.6) is 0 Å². The Kier molecular flexibility index (Phi) is 8.46. The van der Waals surface area contributed by atoms with Crippen molar-refractivity contribution in [1.29, 1.82) is 0 Å². The van der Waals surface area contributed by atoms with Crippen molar-refractivity contribution in [2.24, 2.45) is 16.2 Å². The fourth-order valence-corrected chi connectivity index (χ4v) is 4.48. The van der Waals surface area contributed by atoms with E-state index in [0.717, 1.165) is 5.56 Å². The zero-order chi connectivity index (χ0) is 24.0. The monoisotopic (exact) mass is 448 g/mol. The van der Waals surface area contributed by atoms with Crippen molar-refractivity contribution >= 4 is 17.9 Å². The van der Waals surface area contributed by atoms with E-state index in [1.165, 1.54) is 0 Å². The summed E-state index contributed by atoms with van der Waals surface area (Å²) in [5.41, 5.74) is -1.30. The van der Waals surface area contributed by atoms with Crippen LogP contribution in [-0.2, 0) is 35.2 Å². The highest BCUT2D eigenvalue weighted by atomic mass is 16.6. The Bertz CT molecular complexity index is 796. The van der Waals surface area contributed by atoms with E-state index in [-0.39, 0.29) is 50.5 Å². The Balaban J connectivity index is 2.02. The normalized spacial score (nSPS) is 17.8. The third kappa shape index (κ3) is 8.99. The highest BCUT2D eigenvalue weighted by Crippen LogP contribution is 2.46. The van der Waals surface area contributed by atoms with Gasteiger partial charge in [-0.25, -0.2) is 0 Å². The third-order valence-corrected chi connectivity index (χ3v) is 5.62. The summed E-state index contributed by atoms with van der Waals surface area (Å²) in [6.07, 6.45) is 0.933. The third-order valence-electron chi connectivity index (χ3n) is 5.62. The van der Waals surface area contributed by atoms with Crippen LogP contribution in [0, 0.1) is 16.2 Å². The van der Waals surface area contributed by atoms with E-state index in [2.05, 4.69) is 0 Å². The van der Waals surface area contributed by atoms with E-state index < -0.39 is 22.2 Å². The van der Waals surface area contributed by atoms with Crippen molar-refractivity contribution < 1.29 is 33.7 Å². The van der Waals surface area contributed by atoms with Gasteiger partial charge in [0.2, 0.25) is 0 Å². The highest BCUT2D eigenvalue weighted by molar-refractivity contribution is 5.74. The maximum atomic E-state index is 12.5. The van der Waals surface area contributed by atoms with Gasteiger partial charge in [-0.05, 0) is 43.1 Å². The Morgan fingerprint density at radius 1 is 0.969 bits per heavy atom. The minimum Gasteiger partial charge on any atom is -0.481 e. The summed E-state index contributed by atoms with van der Waals surface area (Å²) in [5, 5.41) is 9.64. The fraction of sp³-hybridized carbons (Fsp3) is 0.640. The maximum absolute atomic E-state index is 12.5. The van der Waals surface area contributed by atoms with Crippen molar-refractivity contribution in [1.82, 2.24) is 0 Å². The molecule has 1 aromatic carbocycles. The zero-order valence-electron chi connectivity index (χ0n) is 19.8. The van der Waals surface area contributed by atoms with Gasteiger partial charge in [0.05, 0.1) is 24.9 Å². The van der Waals surface area contributed by atoms with Gasteiger partial charge in [0.25, 0.3) is 0 Å². The van der Waals surface area contributed by atoms with E-state index >= 15 is 0 Å². The number of benzene rings is 1. The van der Waals surface area contributed by atoms with Crippen LogP contribution in [-0.4, -0.2) is 42.3 Å². The second kappa shape index (κ2) is 10.5. The first-order valence-electron chi connectivity index (χ1n) is 11.0. The molecule has 1 saturated heterocycles. The summed E-state index contributed by atoms with van der Waals surface area (Å²) in [7, 11) is 0. The van der Waals surface area contributed by atoms with Crippen LogP contribution in [0.15, 0.2) is 30.3 Å². The molecule has 32 heavy (non-hydrogen) atoms. The molecule has 0 amide bonds. The Morgan fingerprint density at radius 3 is 2.12 bits per heavy atom. The number of esters is 2. The van der Waals surface area contributed by atoms with Crippen molar-refractivity contribution in [3.8, 4) is 0 Å². The van der Waals surface area contributed by atoms with Gasteiger partial charge in [0.15, 0.2) is 0 Å². The Labute approximate surface area is 190 Å². The van der Waals surface area contributed by atoms with E-state index in [4.69, 9.17) is 14.2 Å². The topological polar surface area (TPSA) is 102 Å². The minimum atomic E-state index is -1.03. The first-order valence-corrected chi connectivity index (χ1v) is 11.0. The van der Waals surface area contributed by atoms with E-state index in [9.17, 15) is 19.5 Å². The molecule has 7 nitrogen and oxygen atoms in total. The number of carboxylic acid groups (broad SMARTS) is 1. The molecule has 1 aliphatic heterocycles. The van der Waals surface area contributed by atoms with Crippen LogP contribution < -0.4 is 0 Å². The number of ether oxygens (including phenoxy) is 3. The Hall–Kier alpha value is -2.41. The number of aliphatic carboxylic acids is 1. The number of hydrogen-bond acceptors (Lipinski definition) is 6. The lowest BCUT2D eigenvalue weighted by atomic mass is 9.64. The maximum Gasteiger partial charge on any atom is 0.309 e. The first kappa shape index (κ1) is 25.8. The molecule has 178 valence electrons. The highest BCUT2D eigenvalue weighted by Gasteiger charge is 2.43. The number of rotatable bonds is 13. The molecule has 0 radical (unpaired) electrons. The summed E-state index contributed by atoms with van der Waals surface area (Å²) >= 11 is 0. The van der Waals surface area contributed by atoms with Gasteiger partial charge in [0.1, 0.15) is 19.3 Å². The molecule has 1 fully saturated rings. The molecule has 7 heteroatoms. The fourth-order valence-electron chi connectivity index (χ4n) is 4.48. The number of carbonyl (C=O) groups is 3. The second-order valence-corrected chi connectivity index (χ2v) is 10.7. The molecule has 0 spiro atoms. The second-order valence-electron chi connectivity index (χ2n) is 10.7. The van der Waals surface area contributed by atoms with Gasteiger partial charge in [0, 0.05) is 0 Å². The van der Waals surface area contributed by atoms with Crippen LogP contribution >= 0.6 is 0 Å². The molecule has 1 aromatic rings. The van der Waals surface area contributed by atoms with Gasteiger partial charge in [-0.3, -0.25) is 14.4 Å². The quantitative estimate of drug-likeness (QED) is 0.353. The van der Waals surface area contributed by atoms with Crippen LogP contribution in [0.3, 0.4) is 0 Å². The van der Waals surface area contributed by atoms with E-state index in [0.29, 0.717) is 13.0 Å². The summed E-state index contributed by atoms with van der Waals surface area (Å²) < 4.78 is 15.8. The molecule has 0 bridgehead atoms. The summed E-state index contributed by atoms with van der Waals surface area (Å²) in [5.74, 6) is -1.64. The van der Waals surface area contributed by atoms with Gasteiger partial charge >= 0.3 is 17.9 Å². The molecular formula is C25H36O7. The van der Waals surface area contributed by atoms with Crippen LogP contribution in [0.4, 0.5) is 0 Å². The predicted molar refractivity (Wildman–Crippen MR) is 119 cm³/mol. The predicted octanol–water partition coefficient (Wildman–Crippen LogP) is 4.38. The lowest BCUT2D eigenvalue weighted by molar-refractivity contribution is -0.154. The molecule has 0 aromatic heterocycles. The van der Waals surface area contributed by atoms with Crippen LogP contribution in [0.25, 0.3) is 0 Å². The molecule has 2 atom stereocenters. The average Bonchev–Trinajstić information content (AvgIpc) is 3.48. The molecular weight excluding hydrogens is 412 g/mol. The molecule has 0 saturated carbocycles. The molecule has 2 rings (SSSR count). The van der Waals surface area contributed by atoms with Gasteiger partial charge < -0.3 is 19.3 Å². The van der Waals surface area contributed by atoms with Gasteiger partial charge in [-0.1, -0.05) is 51.1 Å². The number of hydrogen-bond donors (Lipinski definition) is 1. The van der Waals surface area contributed by atoms with Crippen molar-refractivity contribution in [3.63, 3.8) is 0 Å². The van der Waals surface area contributed by atoms with Crippen molar-refractivity contribution in [2.75, 3.05) is 13.2 Å². The molecule has 0 aliphatic carbocycles. The van der Waals surface area contributed by atoms with Crippen molar-refractivity contribution in [3.05, 3.63) is 35.9 Å². The lowest BCUT2D eigenvalue weighted by Crippen LogP contribution is -2.37. The van der Waals surface area contributed by atoms with Gasteiger partial charge in [-0.15, -0.1) is 0 Å². The standard InChI is InChI=1S/C25H36O7/c1-23(2,11-20(26)31-13-18-9-7-6-8-10-18)16-25(5,17-24(3,4)22(28)29)12-21(27)32-15-19-14-30-19/h6-10,19H,11-17H2,1-5H3,(H,28,29). The summed E-state index contributed by atoms with van der Waals surface area (Å²) in [6.45, 7) is 10.1. The molecule has 1 aliphatic rings. The van der Waals surface area contributed by atoms with Crippen molar-refractivity contribution in [2.45, 2.75) is 73.0 Å². The Morgan fingerprint density at radius 2 is 1.56 bits per heavy atom. The first-order chi connectivity index (χ1) is 14.8. The summed E-state index contributed by atoms with van der Waals surface area (Å²) in [4.78, 5) is 36.8. The minimum absolute atomic E-state index is 0.0310. The van der Waals surface area contributed by atoms with E-state index in [1.54, 1.807) is 13.8 Å². The zero-order valence-corrected chi connectivity index (χ0v) is 19.8. The lowest BCUT2D eigenvalue weighted by Gasteiger charge is -2.40. The largest absolute Gasteiger partial charge is 0.481 e. The number of carboxylic acids is 1. The van der Waals surface area contributed by atoms with Gasteiger partial charge in [-0.2, -0.15) is 0 Å². The van der Waals surface area contributed by atoms with E-state index in [1.807, 2.05) is 51.1 Å². The SMILES string of the molecule is CC(C)(CC(=O)OCc1ccccc1)CC(C)(CC(=O)OCC1CO1)CC(C)(C)C(=O)O. The molecule has 1 N–H and O–H groups in total.